The molecule has 60 valence electrons. The molecule has 0 saturated carbocycles. The van der Waals surface area contributed by atoms with E-state index < -0.39 is 0 Å². The van der Waals surface area contributed by atoms with E-state index in [-0.39, 0.29) is 0 Å². The molecule has 0 aromatic heterocycles. The lowest BCUT2D eigenvalue weighted by atomic mass is 10.00. The van der Waals surface area contributed by atoms with Crippen molar-refractivity contribution in [1.29, 1.82) is 0 Å². The molecule has 0 radical (unpaired) electrons. The van der Waals surface area contributed by atoms with Crippen LogP contribution in [0.15, 0.2) is 0 Å². The van der Waals surface area contributed by atoms with Gasteiger partial charge in [-0.15, -0.1) is 0 Å². The third-order valence-electron chi connectivity index (χ3n) is 2.28. The first-order valence-electron chi connectivity index (χ1n) is 4.11. The fourth-order valence-electron chi connectivity index (χ4n) is 1.44. The highest BCUT2D eigenvalue weighted by Gasteiger charge is 2.31. The predicted octanol–water partition coefficient (Wildman–Crippen LogP) is 3.57. The first-order chi connectivity index (χ1) is 4.79. The van der Waals surface area contributed by atoms with Crippen LogP contribution < -0.4 is 0 Å². The molecule has 1 aliphatic rings. The van der Waals surface area contributed by atoms with Crippen LogP contribution in [0.25, 0.3) is 0 Å². The topological polar surface area (TPSA) is 0 Å². The van der Waals surface area contributed by atoms with Crippen molar-refractivity contribution in [3.05, 3.63) is 0 Å². The Morgan fingerprint density at radius 2 is 1.40 bits per heavy atom. The molecular weight excluding hydrogens is 160 g/mol. The monoisotopic (exact) mass is 176 g/mol. The Morgan fingerprint density at radius 3 is 1.60 bits per heavy atom. The molecule has 0 amide bonds. The predicted molar refractivity (Wildman–Crippen MR) is 52.5 cm³/mol. The molecule has 2 heteroatoms. The Morgan fingerprint density at radius 1 is 1.00 bits per heavy atom. The lowest BCUT2D eigenvalue weighted by molar-refractivity contribution is 0.518. The summed E-state index contributed by atoms with van der Waals surface area (Å²) >= 11 is 0. The van der Waals surface area contributed by atoms with Crippen LogP contribution in [0.3, 0.4) is 0 Å². The van der Waals surface area contributed by atoms with E-state index in [1.807, 2.05) is 0 Å². The van der Waals surface area contributed by atoms with E-state index in [0.717, 1.165) is 16.4 Å². The average molecular weight is 176 g/mol. The fourth-order valence-corrected chi connectivity index (χ4v) is 5.55. The zero-order chi connectivity index (χ0) is 7.56. The molecule has 1 fully saturated rings. The van der Waals surface area contributed by atoms with Gasteiger partial charge >= 0.3 is 0 Å². The van der Waals surface area contributed by atoms with Crippen LogP contribution in [0, 0.1) is 5.92 Å². The van der Waals surface area contributed by atoms with Gasteiger partial charge < -0.3 is 0 Å². The van der Waals surface area contributed by atoms with Gasteiger partial charge in [-0.05, 0) is 18.8 Å². The smallest absolute Gasteiger partial charge is 0.0185 e. The van der Waals surface area contributed by atoms with Crippen LogP contribution >= 0.6 is 21.6 Å². The molecule has 0 bridgehead atoms. The van der Waals surface area contributed by atoms with Gasteiger partial charge in [-0.3, -0.25) is 0 Å². The van der Waals surface area contributed by atoms with E-state index in [0.29, 0.717) is 0 Å². The number of hydrogen-bond donors (Lipinski definition) is 0. The van der Waals surface area contributed by atoms with Crippen LogP contribution in [0.2, 0.25) is 0 Å². The minimum atomic E-state index is 0.926. The molecule has 0 aromatic rings. The largest absolute Gasteiger partial charge is 0.0901 e. The summed E-state index contributed by atoms with van der Waals surface area (Å²) in [5, 5.41) is 1.85. The van der Waals surface area contributed by atoms with E-state index in [1.54, 1.807) is 0 Å². The number of hydrogen-bond acceptors (Lipinski definition) is 2. The Kier molecular flexibility index (Phi) is 3.44. The van der Waals surface area contributed by atoms with Crippen molar-refractivity contribution < 1.29 is 0 Å². The van der Waals surface area contributed by atoms with Crippen LogP contribution in [0.4, 0.5) is 0 Å². The summed E-state index contributed by atoms with van der Waals surface area (Å²) in [6.07, 6.45) is 2.69. The standard InChI is InChI=1S/C8H16S2/c1-4-7-6(3)8(5-2)10-9-7/h6-8H,4-5H2,1-3H3. The van der Waals surface area contributed by atoms with Gasteiger partial charge in [0.05, 0.1) is 0 Å². The normalized spacial score (nSPS) is 40.5. The molecule has 2 atom stereocenters. The molecule has 1 rings (SSSR count). The minimum absolute atomic E-state index is 0.926. The van der Waals surface area contributed by atoms with Crippen LogP contribution in [-0.2, 0) is 0 Å². The van der Waals surface area contributed by atoms with E-state index in [4.69, 9.17) is 0 Å². The van der Waals surface area contributed by atoms with Gasteiger partial charge in [0.15, 0.2) is 0 Å². The van der Waals surface area contributed by atoms with Crippen molar-refractivity contribution in [1.82, 2.24) is 0 Å². The van der Waals surface area contributed by atoms with Crippen LogP contribution in [0.5, 0.6) is 0 Å². The average Bonchev–Trinajstić information content (AvgIpc) is 2.30. The van der Waals surface area contributed by atoms with E-state index >= 15 is 0 Å². The van der Waals surface area contributed by atoms with Crippen LogP contribution in [-0.4, -0.2) is 10.5 Å². The first-order valence-corrected chi connectivity index (χ1v) is 6.39. The molecule has 0 spiro atoms. The van der Waals surface area contributed by atoms with Crippen molar-refractivity contribution in [3.63, 3.8) is 0 Å². The number of rotatable bonds is 2. The Bertz CT molecular complexity index is 91.4. The molecule has 2 unspecified atom stereocenters. The molecular formula is C8H16S2. The lowest BCUT2D eigenvalue weighted by Gasteiger charge is -2.14. The van der Waals surface area contributed by atoms with Crippen molar-refractivity contribution in [2.24, 2.45) is 5.92 Å². The van der Waals surface area contributed by atoms with Crippen molar-refractivity contribution in [2.45, 2.75) is 44.1 Å². The molecule has 10 heavy (non-hydrogen) atoms. The molecule has 0 N–H and O–H groups in total. The van der Waals surface area contributed by atoms with Gasteiger partial charge in [-0.25, -0.2) is 0 Å². The molecule has 0 aromatic carbocycles. The minimum Gasteiger partial charge on any atom is -0.0901 e. The third-order valence-corrected chi connectivity index (χ3v) is 6.23. The maximum Gasteiger partial charge on any atom is 0.0185 e. The summed E-state index contributed by atoms with van der Waals surface area (Å²) in [6.45, 7) is 6.99. The van der Waals surface area contributed by atoms with Crippen LogP contribution in [0.1, 0.15) is 33.6 Å². The zero-order valence-electron chi connectivity index (χ0n) is 6.96. The highest BCUT2D eigenvalue weighted by molar-refractivity contribution is 8.77. The SMILES string of the molecule is CCC1SSC(CC)C1C. The molecule has 1 heterocycles. The zero-order valence-corrected chi connectivity index (χ0v) is 8.60. The second-order valence-corrected chi connectivity index (χ2v) is 5.70. The van der Waals surface area contributed by atoms with Crippen molar-refractivity contribution in [2.75, 3.05) is 0 Å². The molecule has 1 aliphatic heterocycles. The third kappa shape index (κ3) is 1.65. The van der Waals surface area contributed by atoms with Gasteiger partial charge in [0.2, 0.25) is 0 Å². The van der Waals surface area contributed by atoms with E-state index in [9.17, 15) is 0 Å². The summed E-state index contributed by atoms with van der Waals surface area (Å²) in [7, 11) is 4.20. The summed E-state index contributed by atoms with van der Waals surface area (Å²) in [5.41, 5.74) is 0. The van der Waals surface area contributed by atoms with Crippen molar-refractivity contribution in [3.8, 4) is 0 Å². The van der Waals surface area contributed by atoms with Gasteiger partial charge in [0.25, 0.3) is 0 Å². The van der Waals surface area contributed by atoms with Gasteiger partial charge in [-0.2, -0.15) is 0 Å². The molecule has 1 saturated heterocycles. The Hall–Kier alpha value is 0.700. The Balaban J connectivity index is 2.41. The molecule has 0 nitrogen and oxygen atoms in total. The summed E-state index contributed by atoms with van der Waals surface area (Å²) < 4.78 is 0. The first kappa shape index (κ1) is 8.79. The molecule has 0 aliphatic carbocycles. The second kappa shape index (κ2) is 3.91. The highest BCUT2D eigenvalue weighted by Crippen LogP contribution is 2.49. The lowest BCUT2D eigenvalue weighted by Crippen LogP contribution is -2.16. The van der Waals surface area contributed by atoms with Crippen molar-refractivity contribution >= 4 is 21.6 Å². The summed E-state index contributed by atoms with van der Waals surface area (Å²) in [4.78, 5) is 0. The fraction of sp³-hybridized carbons (Fsp3) is 1.00. The van der Waals surface area contributed by atoms with Gasteiger partial charge in [0, 0.05) is 10.5 Å². The van der Waals surface area contributed by atoms with Gasteiger partial charge in [0.1, 0.15) is 0 Å². The second-order valence-electron chi connectivity index (χ2n) is 2.94. The van der Waals surface area contributed by atoms with E-state index in [2.05, 4.69) is 42.4 Å². The highest BCUT2D eigenvalue weighted by atomic mass is 33.1. The van der Waals surface area contributed by atoms with E-state index in [1.165, 1.54) is 12.8 Å². The maximum absolute atomic E-state index is 2.40. The summed E-state index contributed by atoms with van der Waals surface area (Å²) in [6, 6.07) is 0. The quantitative estimate of drug-likeness (QED) is 0.590. The maximum atomic E-state index is 2.40. The van der Waals surface area contributed by atoms with Gasteiger partial charge in [-0.1, -0.05) is 42.4 Å². The summed E-state index contributed by atoms with van der Waals surface area (Å²) in [5.74, 6) is 0.935. The Labute approximate surface area is 71.9 Å².